The topological polar surface area (TPSA) is 17.1 Å². The predicted octanol–water partition coefficient (Wildman–Crippen LogP) is 3.93. The van der Waals surface area contributed by atoms with E-state index < -0.39 is 0 Å². The molecule has 16 heavy (non-hydrogen) atoms. The van der Waals surface area contributed by atoms with E-state index in [4.69, 9.17) is 0 Å². The van der Waals surface area contributed by atoms with Gasteiger partial charge in [0.2, 0.25) is 0 Å². The Kier molecular flexibility index (Phi) is 7.30. The smallest absolute Gasteiger partial charge is 0.146 e. The van der Waals surface area contributed by atoms with Gasteiger partial charge in [0, 0.05) is 23.2 Å². The number of carbonyl (C=O) groups is 1. The third-order valence-electron chi connectivity index (χ3n) is 2.84. The Bertz CT molecular complexity index is 228. The molecule has 2 atom stereocenters. The van der Waals surface area contributed by atoms with Crippen LogP contribution >= 0.6 is 23.5 Å². The number of carbonyl (C=O) groups excluding carboxylic acids is 1. The average Bonchev–Trinajstić information content (AvgIpc) is 2.29. The van der Waals surface area contributed by atoms with Crippen LogP contribution in [0.1, 0.15) is 39.0 Å². The van der Waals surface area contributed by atoms with Crippen LogP contribution in [0.4, 0.5) is 0 Å². The van der Waals surface area contributed by atoms with Crippen LogP contribution in [0.25, 0.3) is 0 Å². The summed E-state index contributed by atoms with van der Waals surface area (Å²) in [6, 6.07) is 0. The minimum atomic E-state index is 0.262. The Hall–Kier alpha value is 0.110. The zero-order valence-electron chi connectivity index (χ0n) is 10.1. The quantitative estimate of drug-likeness (QED) is 0.509. The molecule has 1 fully saturated rings. The molecule has 0 saturated carbocycles. The molecule has 0 aromatic rings. The summed E-state index contributed by atoms with van der Waals surface area (Å²) in [5.41, 5.74) is 0. The summed E-state index contributed by atoms with van der Waals surface area (Å²) in [4.78, 5) is 12.0. The van der Waals surface area contributed by atoms with E-state index in [1.165, 1.54) is 12.2 Å². The second-order valence-corrected chi connectivity index (χ2v) is 6.96. The van der Waals surface area contributed by atoms with E-state index >= 15 is 0 Å². The summed E-state index contributed by atoms with van der Waals surface area (Å²) in [7, 11) is 0. The third kappa shape index (κ3) is 4.96. The number of allylic oxidation sites excluding steroid dienone is 1. The van der Waals surface area contributed by atoms with Crippen LogP contribution < -0.4 is 0 Å². The van der Waals surface area contributed by atoms with E-state index in [1.54, 1.807) is 0 Å². The number of thioether (sulfide) groups is 2. The van der Waals surface area contributed by atoms with Crippen LogP contribution in [-0.2, 0) is 4.79 Å². The molecular formula is C13H22OS2. The highest BCUT2D eigenvalue weighted by atomic mass is 32.2. The van der Waals surface area contributed by atoms with Gasteiger partial charge in [-0.15, -0.1) is 18.3 Å². The summed E-state index contributed by atoms with van der Waals surface area (Å²) in [6.07, 6.45) is 7.21. The first-order valence-electron chi connectivity index (χ1n) is 6.12. The van der Waals surface area contributed by atoms with Crippen molar-refractivity contribution in [1.82, 2.24) is 0 Å². The van der Waals surface area contributed by atoms with E-state index in [0.29, 0.717) is 11.0 Å². The lowest BCUT2D eigenvalue weighted by Crippen LogP contribution is -2.30. The molecule has 2 unspecified atom stereocenters. The monoisotopic (exact) mass is 258 g/mol. The van der Waals surface area contributed by atoms with Crippen LogP contribution in [0, 0.1) is 0 Å². The molecule has 0 N–H and O–H groups in total. The van der Waals surface area contributed by atoms with Crippen LogP contribution in [0.5, 0.6) is 0 Å². The lowest BCUT2D eigenvalue weighted by atomic mass is 10.1. The Balaban J connectivity index is 2.15. The number of ketones is 1. The molecule has 0 amide bonds. The number of Topliss-reactive ketones (excluding diaryl/α,β-unsaturated/α-hetero) is 1. The van der Waals surface area contributed by atoms with E-state index in [-0.39, 0.29) is 5.25 Å². The zero-order valence-corrected chi connectivity index (χ0v) is 11.7. The second kappa shape index (κ2) is 8.24. The molecule has 0 radical (unpaired) electrons. The molecule has 0 bridgehead atoms. The minimum absolute atomic E-state index is 0.262. The van der Waals surface area contributed by atoms with Gasteiger partial charge in [0.1, 0.15) is 5.78 Å². The Morgan fingerprint density at radius 2 is 2.06 bits per heavy atom. The Morgan fingerprint density at radius 1 is 1.31 bits per heavy atom. The fraction of sp³-hybridized carbons (Fsp3) is 0.769. The zero-order chi connectivity index (χ0) is 11.8. The predicted molar refractivity (Wildman–Crippen MR) is 76.5 cm³/mol. The molecule has 1 aliphatic heterocycles. The van der Waals surface area contributed by atoms with E-state index in [1.807, 2.05) is 29.6 Å². The molecule has 0 aromatic carbocycles. The van der Waals surface area contributed by atoms with Gasteiger partial charge in [-0.3, -0.25) is 4.79 Å². The molecule has 92 valence electrons. The van der Waals surface area contributed by atoms with Gasteiger partial charge in [-0.25, -0.2) is 0 Å². The Morgan fingerprint density at radius 3 is 2.75 bits per heavy atom. The molecule has 0 aromatic heterocycles. The van der Waals surface area contributed by atoms with Gasteiger partial charge in [-0.1, -0.05) is 19.4 Å². The average molecular weight is 258 g/mol. The maximum Gasteiger partial charge on any atom is 0.146 e. The third-order valence-corrected chi connectivity index (χ3v) is 5.98. The Labute approximate surface area is 108 Å². The van der Waals surface area contributed by atoms with Crippen molar-refractivity contribution in [1.29, 1.82) is 0 Å². The summed E-state index contributed by atoms with van der Waals surface area (Å²) in [5.74, 6) is 2.82. The van der Waals surface area contributed by atoms with Crippen molar-refractivity contribution in [3.63, 3.8) is 0 Å². The van der Waals surface area contributed by atoms with E-state index in [2.05, 4.69) is 13.5 Å². The van der Waals surface area contributed by atoms with Gasteiger partial charge < -0.3 is 0 Å². The molecular weight excluding hydrogens is 236 g/mol. The van der Waals surface area contributed by atoms with E-state index in [9.17, 15) is 4.79 Å². The maximum atomic E-state index is 12.0. The van der Waals surface area contributed by atoms with Gasteiger partial charge in [-0.05, 0) is 19.3 Å². The maximum absolute atomic E-state index is 12.0. The first kappa shape index (κ1) is 14.2. The minimum Gasteiger partial charge on any atom is -0.298 e. The summed E-state index contributed by atoms with van der Waals surface area (Å²) >= 11 is 3.81. The number of hydrogen-bond acceptors (Lipinski definition) is 3. The lowest BCUT2D eigenvalue weighted by Gasteiger charge is -2.26. The fourth-order valence-corrected chi connectivity index (χ4v) is 4.66. The fourth-order valence-electron chi connectivity index (χ4n) is 1.89. The largest absolute Gasteiger partial charge is 0.298 e. The molecule has 1 heterocycles. The normalized spacial score (nSPS) is 25.3. The van der Waals surface area contributed by atoms with Crippen LogP contribution in [-0.4, -0.2) is 27.8 Å². The number of hydrogen-bond donors (Lipinski definition) is 0. The standard InChI is InChI=1S/C13H22OS2/c1-3-4-5-6-7-8-12(14)13-11(2)15-9-10-16-13/h3,11,13H,1,4-10H2,2H3. The van der Waals surface area contributed by atoms with Crippen molar-refractivity contribution in [3.8, 4) is 0 Å². The lowest BCUT2D eigenvalue weighted by molar-refractivity contribution is -0.118. The highest BCUT2D eigenvalue weighted by Crippen LogP contribution is 2.32. The van der Waals surface area contributed by atoms with Gasteiger partial charge in [0.05, 0.1) is 5.25 Å². The van der Waals surface area contributed by atoms with E-state index in [0.717, 1.165) is 31.4 Å². The number of unbranched alkanes of at least 4 members (excludes halogenated alkanes) is 3. The summed E-state index contributed by atoms with van der Waals surface area (Å²) < 4.78 is 0. The molecule has 1 rings (SSSR count). The SMILES string of the molecule is C=CCCCCCC(=O)C1SCCSC1C. The highest BCUT2D eigenvalue weighted by Gasteiger charge is 2.27. The first-order valence-corrected chi connectivity index (χ1v) is 8.22. The summed E-state index contributed by atoms with van der Waals surface area (Å²) in [6.45, 7) is 5.90. The van der Waals surface area contributed by atoms with Gasteiger partial charge in [0.15, 0.2) is 0 Å². The van der Waals surface area contributed by atoms with Crippen molar-refractivity contribution in [3.05, 3.63) is 12.7 Å². The summed E-state index contributed by atoms with van der Waals surface area (Å²) in [5, 5.41) is 0.776. The van der Waals surface area contributed by atoms with Crippen LogP contribution in [0.15, 0.2) is 12.7 Å². The van der Waals surface area contributed by atoms with Gasteiger partial charge in [-0.2, -0.15) is 11.8 Å². The van der Waals surface area contributed by atoms with Crippen molar-refractivity contribution in [2.45, 2.75) is 49.5 Å². The first-order chi connectivity index (χ1) is 7.75. The highest BCUT2D eigenvalue weighted by molar-refractivity contribution is 8.07. The van der Waals surface area contributed by atoms with Gasteiger partial charge >= 0.3 is 0 Å². The number of rotatable bonds is 7. The van der Waals surface area contributed by atoms with Crippen molar-refractivity contribution in [2.24, 2.45) is 0 Å². The molecule has 0 spiro atoms. The van der Waals surface area contributed by atoms with Gasteiger partial charge in [0.25, 0.3) is 0 Å². The molecule has 1 saturated heterocycles. The molecule has 0 aliphatic carbocycles. The molecule has 1 nitrogen and oxygen atoms in total. The molecule has 3 heteroatoms. The van der Waals surface area contributed by atoms with Crippen molar-refractivity contribution >= 4 is 29.3 Å². The van der Waals surface area contributed by atoms with Crippen molar-refractivity contribution < 1.29 is 4.79 Å². The van der Waals surface area contributed by atoms with Crippen molar-refractivity contribution in [2.75, 3.05) is 11.5 Å². The van der Waals surface area contributed by atoms with Crippen LogP contribution in [0.3, 0.4) is 0 Å². The second-order valence-electron chi connectivity index (χ2n) is 4.22. The van der Waals surface area contributed by atoms with Crippen LogP contribution in [0.2, 0.25) is 0 Å². The molecule has 1 aliphatic rings.